The molecule has 3 heterocycles. The average Bonchev–Trinajstić information content (AvgIpc) is 3.30. The maximum atomic E-state index is 13.1. The van der Waals surface area contributed by atoms with E-state index in [9.17, 15) is 18.0 Å². The van der Waals surface area contributed by atoms with Crippen LogP contribution < -0.4 is 4.90 Å². The fourth-order valence-corrected chi connectivity index (χ4v) is 3.10. The zero-order chi connectivity index (χ0) is 21.8. The van der Waals surface area contributed by atoms with Gasteiger partial charge in [0.05, 0.1) is 31.6 Å². The van der Waals surface area contributed by atoms with E-state index in [2.05, 4.69) is 15.2 Å². The monoisotopic (exact) mass is 433 g/mol. The number of pyridine rings is 1. The average molecular weight is 433 g/mol. The normalized spacial score (nSPS) is 14.5. The molecule has 2 aromatic heterocycles. The largest absolute Gasteiger partial charge is 0.470 e. The van der Waals surface area contributed by atoms with Gasteiger partial charge < -0.3 is 14.1 Å². The summed E-state index contributed by atoms with van der Waals surface area (Å²) in [4.78, 5) is 20.5. The molecule has 0 bridgehead atoms. The smallest absolute Gasteiger partial charge is 0.413 e. The van der Waals surface area contributed by atoms with Crippen molar-refractivity contribution in [2.45, 2.75) is 12.7 Å². The van der Waals surface area contributed by atoms with Crippen LogP contribution in [-0.4, -0.2) is 52.4 Å². The number of rotatable bonds is 4. The molecule has 0 aliphatic carbocycles. The molecular formula is C20H18F3N5O3. The Hall–Kier alpha value is -3.47. The van der Waals surface area contributed by atoms with Crippen LogP contribution in [0.5, 0.6) is 0 Å². The molecule has 3 aromatic rings. The van der Waals surface area contributed by atoms with Crippen molar-refractivity contribution in [2.75, 3.05) is 31.2 Å². The number of halogens is 3. The first-order valence-corrected chi connectivity index (χ1v) is 9.46. The molecular weight excluding hydrogens is 415 g/mol. The lowest BCUT2D eigenvalue weighted by molar-refractivity contribution is -0.156. The maximum absolute atomic E-state index is 13.1. The third kappa shape index (κ3) is 4.82. The highest BCUT2D eigenvalue weighted by atomic mass is 19.4. The number of urea groups is 1. The van der Waals surface area contributed by atoms with E-state index in [0.29, 0.717) is 37.6 Å². The van der Waals surface area contributed by atoms with E-state index in [4.69, 9.17) is 9.15 Å². The molecule has 8 nitrogen and oxygen atoms in total. The lowest BCUT2D eigenvalue weighted by Gasteiger charge is -2.33. The predicted molar refractivity (Wildman–Crippen MR) is 103 cm³/mol. The summed E-state index contributed by atoms with van der Waals surface area (Å²) in [6.45, 7) is 2.19. The first kappa shape index (κ1) is 20.8. The Morgan fingerprint density at radius 3 is 2.45 bits per heavy atom. The maximum Gasteiger partial charge on any atom is 0.470 e. The van der Waals surface area contributed by atoms with E-state index in [1.54, 1.807) is 58.6 Å². The second kappa shape index (κ2) is 8.72. The summed E-state index contributed by atoms with van der Waals surface area (Å²) in [7, 11) is 0. The van der Waals surface area contributed by atoms with Gasteiger partial charge in [-0.3, -0.25) is 9.88 Å². The van der Waals surface area contributed by atoms with Crippen LogP contribution in [0.2, 0.25) is 0 Å². The molecule has 1 saturated heterocycles. The highest BCUT2D eigenvalue weighted by Crippen LogP contribution is 2.30. The van der Waals surface area contributed by atoms with Crippen molar-refractivity contribution in [3.8, 4) is 11.5 Å². The van der Waals surface area contributed by atoms with Gasteiger partial charge in [-0.15, -0.1) is 10.2 Å². The van der Waals surface area contributed by atoms with Crippen LogP contribution in [-0.2, 0) is 17.5 Å². The summed E-state index contributed by atoms with van der Waals surface area (Å²) in [6.07, 6.45) is -1.48. The van der Waals surface area contributed by atoms with Gasteiger partial charge >= 0.3 is 18.1 Å². The zero-order valence-corrected chi connectivity index (χ0v) is 16.2. The van der Waals surface area contributed by atoms with Crippen molar-refractivity contribution in [3.05, 3.63) is 60.2 Å². The van der Waals surface area contributed by atoms with Gasteiger partial charge in [0.2, 0.25) is 5.89 Å². The first-order valence-electron chi connectivity index (χ1n) is 9.46. The quantitative estimate of drug-likeness (QED) is 0.625. The molecule has 1 aliphatic rings. The van der Waals surface area contributed by atoms with Gasteiger partial charge in [-0.2, -0.15) is 13.2 Å². The molecule has 0 spiro atoms. The highest BCUT2D eigenvalue weighted by Gasteiger charge is 2.38. The van der Waals surface area contributed by atoms with Crippen molar-refractivity contribution < 1.29 is 27.1 Å². The van der Waals surface area contributed by atoms with Crippen molar-refractivity contribution in [3.63, 3.8) is 0 Å². The van der Waals surface area contributed by atoms with Crippen molar-refractivity contribution in [1.29, 1.82) is 0 Å². The number of carbonyl (C=O) groups is 1. The minimum absolute atomic E-state index is 0.174. The molecule has 0 N–H and O–H groups in total. The number of carbonyl (C=O) groups excluding carboxylic acids is 1. The number of alkyl halides is 3. The van der Waals surface area contributed by atoms with Crippen molar-refractivity contribution >= 4 is 11.7 Å². The highest BCUT2D eigenvalue weighted by molar-refractivity contribution is 5.91. The van der Waals surface area contributed by atoms with Crippen LogP contribution >= 0.6 is 0 Å². The third-order valence-corrected chi connectivity index (χ3v) is 4.68. The Morgan fingerprint density at radius 2 is 1.84 bits per heavy atom. The van der Waals surface area contributed by atoms with Crippen molar-refractivity contribution in [1.82, 2.24) is 20.1 Å². The number of morpholine rings is 1. The molecule has 1 aromatic carbocycles. The molecule has 0 saturated carbocycles. The van der Waals surface area contributed by atoms with Gasteiger partial charge in [-0.05, 0) is 29.8 Å². The summed E-state index contributed by atoms with van der Waals surface area (Å²) >= 11 is 0. The molecule has 0 atom stereocenters. The molecule has 11 heteroatoms. The van der Waals surface area contributed by atoms with Crippen LogP contribution in [0, 0.1) is 0 Å². The number of amides is 2. The molecule has 0 radical (unpaired) electrons. The van der Waals surface area contributed by atoms with Crippen LogP contribution in [0.25, 0.3) is 11.5 Å². The number of hydrogen-bond donors (Lipinski definition) is 0. The minimum Gasteiger partial charge on any atom is -0.413 e. The fourth-order valence-electron chi connectivity index (χ4n) is 3.10. The summed E-state index contributed by atoms with van der Waals surface area (Å²) < 4.78 is 48.0. The molecule has 0 unspecified atom stereocenters. The summed E-state index contributed by atoms with van der Waals surface area (Å²) in [5, 5.41) is 6.48. The van der Waals surface area contributed by atoms with E-state index >= 15 is 0 Å². The number of nitrogens with zero attached hydrogens (tertiary/aromatic N) is 5. The van der Waals surface area contributed by atoms with Gasteiger partial charge in [-0.25, -0.2) is 4.79 Å². The molecule has 4 rings (SSSR count). The van der Waals surface area contributed by atoms with Gasteiger partial charge in [-0.1, -0.05) is 12.1 Å². The molecule has 2 amide bonds. The van der Waals surface area contributed by atoms with Gasteiger partial charge in [0.15, 0.2) is 0 Å². The SMILES string of the molecule is O=C(N1CCOCC1)N(Cc1ccc(-c2nnc(C(F)(F)F)o2)cc1)c1cccnc1. The van der Waals surface area contributed by atoms with E-state index in [0.717, 1.165) is 5.56 Å². The molecule has 31 heavy (non-hydrogen) atoms. The summed E-state index contributed by atoms with van der Waals surface area (Å²) in [5.41, 5.74) is 1.75. The molecule has 1 aliphatic heterocycles. The second-order valence-corrected chi connectivity index (χ2v) is 6.79. The number of hydrogen-bond acceptors (Lipinski definition) is 6. The van der Waals surface area contributed by atoms with E-state index in [1.807, 2.05) is 0 Å². The standard InChI is InChI=1S/C20H18F3N5O3/c21-20(22,23)18-26-25-17(31-18)15-5-3-14(4-6-15)13-28(16-2-1-7-24-12-16)19(29)27-8-10-30-11-9-27/h1-7,12H,8-11,13H2. The predicted octanol–water partition coefficient (Wildman–Crippen LogP) is 3.61. The lowest BCUT2D eigenvalue weighted by Crippen LogP contribution is -2.48. The Morgan fingerprint density at radius 1 is 1.10 bits per heavy atom. The topological polar surface area (TPSA) is 84.6 Å². The van der Waals surface area contributed by atoms with Crippen LogP contribution in [0.3, 0.4) is 0 Å². The Balaban J connectivity index is 1.54. The first-order chi connectivity index (χ1) is 14.9. The van der Waals surface area contributed by atoms with E-state index in [1.165, 1.54) is 0 Å². The third-order valence-electron chi connectivity index (χ3n) is 4.68. The van der Waals surface area contributed by atoms with Crippen LogP contribution in [0.15, 0.2) is 53.2 Å². The van der Waals surface area contributed by atoms with Crippen LogP contribution in [0.4, 0.5) is 23.7 Å². The van der Waals surface area contributed by atoms with E-state index < -0.39 is 12.1 Å². The number of benzene rings is 1. The second-order valence-electron chi connectivity index (χ2n) is 6.79. The molecule has 1 fully saturated rings. The summed E-state index contributed by atoms with van der Waals surface area (Å²) in [5.74, 6) is -1.63. The number of anilines is 1. The summed E-state index contributed by atoms with van der Waals surface area (Å²) in [6, 6.07) is 9.90. The Kier molecular flexibility index (Phi) is 5.85. The lowest BCUT2D eigenvalue weighted by atomic mass is 10.1. The van der Waals surface area contributed by atoms with E-state index in [-0.39, 0.29) is 18.5 Å². The van der Waals surface area contributed by atoms with Gasteiger partial charge in [0.25, 0.3) is 0 Å². The Bertz CT molecular complexity index is 1020. The minimum atomic E-state index is -4.70. The molecule has 162 valence electrons. The number of aromatic nitrogens is 3. The van der Waals surface area contributed by atoms with Gasteiger partial charge in [0, 0.05) is 24.8 Å². The Labute approximate surface area is 175 Å². The van der Waals surface area contributed by atoms with Crippen LogP contribution in [0.1, 0.15) is 11.5 Å². The zero-order valence-electron chi connectivity index (χ0n) is 16.2. The fraction of sp³-hybridized carbons (Fsp3) is 0.300. The number of ether oxygens (including phenoxy) is 1. The van der Waals surface area contributed by atoms with Gasteiger partial charge in [0.1, 0.15) is 0 Å². The van der Waals surface area contributed by atoms with Crippen molar-refractivity contribution in [2.24, 2.45) is 0 Å².